The Kier molecular flexibility index (Phi) is 3.34. The van der Waals surface area contributed by atoms with Gasteiger partial charge in [-0.2, -0.15) is 5.26 Å². The number of nitriles is 1. The number of halogens is 1. The minimum atomic E-state index is -1.21. The minimum Gasteiger partial charge on any atom is -0.476 e. The summed E-state index contributed by atoms with van der Waals surface area (Å²) in [5.74, 6) is -1.59. The number of aromatic carboxylic acids is 1. The van der Waals surface area contributed by atoms with Gasteiger partial charge in [-0.1, -0.05) is 0 Å². The van der Waals surface area contributed by atoms with Crippen molar-refractivity contribution in [2.75, 3.05) is 5.32 Å². The van der Waals surface area contributed by atoms with Crippen LogP contribution in [0.2, 0.25) is 0 Å². The van der Waals surface area contributed by atoms with E-state index in [9.17, 15) is 9.18 Å². The molecule has 0 atom stereocenters. The largest absolute Gasteiger partial charge is 0.476 e. The van der Waals surface area contributed by atoms with Crippen LogP contribution in [0.5, 0.6) is 0 Å². The zero-order valence-corrected chi connectivity index (χ0v) is 9.46. The quantitative estimate of drug-likeness (QED) is 0.872. The van der Waals surface area contributed by atoms with Crippen LogP contribution in [-0.4, -0.2) is 21.0 Å². The lowest BCUT2D eigenvalue weighted by Gasteiger charge is -2.07. The fourth-order valence-corrected chi connectivity index (χ4v) is 1.39. The highest BCUT2D eigenvalue weighted by Gasteiger charge is 2.08. The second-order valence-corrected chi connectivity index (χ2v) is 3.52. The molecule has 7 heteroatoms. The van der Waals surface area contributed by atoms with Crippen LogP contribution >= 0.6 is 0 Å². The molecule has 0 radical (unpaired) electrons. The summed E-state index contributed by atoms with van der Waals surface area (Å²) in [6.45, 7) is 0. The molecule has 1 heterocycles. The lowest BCUT2D eigenvalue weighted by Crippen LogP contribution is -2.04. The van der Waals surface area contributed by atoms with Crippen LogP contribution in [-0.2, 0) is 0 Å². The molecular formula is C12H7FN4O2. The molecule has 19 heavy (non-hydrogen) atoms. The van der Waals surface area contributed by atoms with E-state index >= 15 is 0 Å². The summed E-state index contributed by atoms with van der Waals surface area (Å²) in [6.07, 6.45) is 2.40. The van der Waals surface area contributed by atoms with Crippen LogP contribution in [0, 0.1) is 17.1 Å². The van der Waals surface area contributed by atoms with E-state index in [4.69, 9.17) is 10.4 Å². The van der Waals surface area contributed by atoms with Crippen molar-refractivity contribution in [2.45, 2.75) is 0 Å². The molecule has 0 fully saturated rings. The molecule has 0 saturated carbocycles. The molecule has 94 valence electrons. The Morgan fingerprint density at radius 2 is 2.21 bits per heavy atom. The number of anilines is 2. The molecule has 1 aromatic carbocycles. The highest BCUT2D eigenvalue weighted by Crippen LogP contribution is 2.19. The normalized spacial score (nSPS) is 9.68. The summed E-state index contributed by atoms with van der Waals surface area (Å²) in [7, 11) is 0. The fraction of sp³-hybridized carbons (Fsp3) is 0. The number of benzene rings is 1. The maximum atomic E-state index is 13.0. The maximum Gasteiger partial charge on any atom is 0.356 e. The van der Waals surface area contributed by atoms with Crippen molar-refractivity contribution >= 4 is 17.5 Å². The van der Waals surface area contributed by atoms with Gasteiger partial charge in [0.2, 0.25) is 0 Å². The molecule has 2 rings (SSSR count). The average molecular weight is 258 g/mol. The molecule has 0 aliphatic rings. The molecule has 0 aliphatic carbocycles. The van der Waals surface area contributed by atoms with Crippen molar-refractivity contribution in [1.29, 1.82) is 5.26 Å². The van der Waals surface area contributed by atoms with Crippen LogP contribution in [0.3, 0.4) is 0 Å². The Morgan fingerprint density at radius 1 is 1.42 bits per heavy atom. The van der Waals surface area contributed by atoms with Gasteiger partial charge in [-0.3, -0.25) is 4.98 Å². The standard InChI is InChI=1S/C12H7FN4O2/c13-8-1-2-9(7(3-8)4-14)16-11-6-15-5-10(17-11)12(18)19/h1-3,5-6H,(H,16,17)(H,18,19). The van der Waals surface area contributed by atoms with Gasteiger partial charge in [0.15, 0.2) is 5.69 Å². The Morgan fingerprint density at radius 3 is 2.89 bits per heavy atom. The van der Waals surface area contributed by atoms with Crippen LogP contribution < -0.4 is 5.32 Å². The monoisotopic (exact) mass is 258 g/mol. The van der Waals surface area contributed by atoms with E-state index in [-0.39, 0.29) is 17.1 Å². The number of carboxylic acid groups (broad SMARTS) is 1. The third-order valence-corrected chi connectivity index (χ3v) is 2.22. The molecule has 0 amide bonds. The smallest absolute Gasteiger partial charge is 0.356 e. The van der Waals surface area contributed by atoms with E-state index in [0.29, 0.717) is 5.69 Å². The van der Waals surface area contributed by atoms with Crippen LogP contribution in [0.1, 0.15) is 16.1 Å². The van der Waals surface area contributed by atoms with Gasteiger partial charge in [-0.15, -0.1) is 0 Å². The third kappa shape index (κ3) is 2.81. The number of nitrogens with one attached hydrogen (secondary N) is 1. The minimum absolute atomic E-state index is 0.0857. The SMILES string of the molecule is N#Cc1cc(F)ccc1Nc1cncc(C(=O)O)n1. The number of carbonyl (C=O) groups is 1. The molecule has 0 aliphatic heterocycles. The van der Waals surface area contributed by atoms with Gasteiger partial charge in [0.1, 0.15) is 17.7 Å². The Labute approximate surface area is 107 Å². The predicted octanol–water partition coefficient (Wildman–Crippen LogP) is 1.93. The van der Waals surface area contributed by atoms with Crippen molar-refractivity contribution in [3.8, 4) is 6.07 Å². The van der Waals surface area contributed by atoms with Gasteiger partial charge in [0, 0.05) is 0 Å². The zero-order chi connectivity index (χ0) is 13.8. The highest BCUT2D eigenvalue weighted by molar-refractivity contribution is 5.85. The topological polar surface area (TPSA) is 98.9 Å². The van der Waals surface area contributed by atoms with E-state index in [1.807, 2.05) is 6.07 Å². The first-order valence-electron chi connectivity index (χ1n) is 5.12. The Balaban J connectivity index is 2.34. The second-order valence-electron chi connectivity index (χ2n) is 3.52. The second kappa shape index (κ2) is 5.10. The molecule has 0 bridgehead atoms. The highest BCUT2D eigenvalue weighted by atomic mass is 19.1. The average Bonchev–Trinajstić information content (AvgIpc) is 2.41. The summed E-state index contributed by atoms with van der Waals surface area (Å²) < 4.78 is 13.0. The van der Waals surface area contributed by atoms with Crippen molar-refractivity contribution < 1.29 is 14.3 Å². The van der Waals surface area contributed by atoms with Crippen LogP contribution in [0.4, 0.5) is 15.9 Å². The fourth-order valence-electron chi connectivity index (χ4n) is 1.39. The van der Waals surface area contributed by atoms with Crippen molar-refractivity contribution in [3.63, 3.8) is 0 Å². The zero-order valence-electron chi connectivity index (χ0n) is 9.46. The first-order valence-corrected chi connectivity index (χ1v) is 5.12. The number of hydrogen-bond acceptors (Lipinski definition) is 5. The van der Waals surface area contributed by atoms with Gasteiger partial charge in [-0.05, 0) is 18.2 Å². The van der Waals surface area contributed by atoms with Crippen molar-refractivity contribution in [2.24, 2.45) is 0 Å². The molecule has 0 unspecified atom stereocenters. The molecule has 6 nitrogen and oxygen atoms in total. The first kappa shape index (κ1) is 12.4. The number of carboxylic acids is 1. The van der Waals surface area contributed by atoms with Crippen LogP contribution in [0.15, 0.2) is 30.6 Å². The van der Waals surface area contributed by atoms with Gasteiger partial charge < -0.3 is 10.4 Å². The molecule has 0 saturated heterocycles. The number of rotatable bonds is 3. The van der Waals surface area contributed by atoms with E-state index in [0.717, 1.165) is 12.3 Å². The maximum absolute atomic E-state index is 13.0. The van der Waals surface area contributed by atoms with Gasteiger partial charge in [0.05, 0.1) is 23.6 Å². The Bertz CT molecular complexity index is 682. The molecule has 2 N–H and O–H groups in total. The van der Waals surface area contributed by atoms with Crippen LogP contribution in [0.25, 0.3) is 0 Å². The predicted molar refractivity (Wildman–Crippen MR) is 63.4 cm³/mol. The summed E-state index contributed by atoms with van der Waals surface area (Å²) in [5, 5.41) is 20.4. The lowest BCUT2D eigenvalue weighted by molar-refractivity contribution is 0.0690. The van der Waals surface area contributed by atoms with E-state index in [2.05, 4.69) is 15.3 Å². The molecule has 2 aromatic rings. The summed E-state index contributed by atoms with van der Waals surface area (Å²) in [5.41, 5.74) is 0.175. The first-order chi connectivity index (χ1) is 9.10. The summed E-state index contributed by atoms with van der Waals surface area (Å²) in [6, 6.07) is 5.44. The van der Waals surface area contributed by atoms with Crippen molar-refractivity contribution in [3.05, 3.63) is 47.7 Å². The van der Waals surface area contributed by atoms with Gasteiger partial charge in [0.25, 0.3) is 0 Å². The third-order valence-electron chi connectivity index (χ3n) is 2.22. The number of hydrogen-bond donors (Lipinski definition) is 2. The Hall–Kier alpha value is -3.01. The summed E-state index contributed by atoms with van der Waals surface area (Å²) in [4.78, 5) is 18.2. The van der Waals surface area contributed by atoms with Crippen molar-refractivity contribution in [1.82, 2.24) is 9.97 Å². The molecule has 0 spiro atoms. The lowest BCUT2D eigenvalue weighted by atomic mass is 10.2. The number of aromatic nitrogens is 2. The molecular weight excluding hydrogens is 251 g/mol. The van der Waals surface area contributed by atoms with Gasteiger partial charge >= 0.3 is 5.97 Å². The summed E-state index contributed by atoms with van der Waals surface area (Å²) >= 11 is 0. The van der Waals surface area contributed by atoms with Gasteiger partial charge in [-0.25, -0.2) is 14.2 Å². The van der Waals surface area contributed by atoms with E-state index in [1.165, 1.54) is 18.3 Å². The molecule has 1 aromatic heterocycles. The van der Waals surface area contributed by atoms with E-state index in [1.54, 1.807) is 0 Å². The van der Waals surface area contributed by atoms with E-state index < -0.39 is 11.8 Å². The number of nitrogens with zero attached hydrogens (tertiary/aromatic N) is 3.